The van der Waals surface area contributed by atoms with E-state index in [1.807, 2.05) is 12.1 Å². The van der Waals surface area contributed by atoms with Crippen molar-refractivity contribution in [3.8, 4) is 5.75 Å². The highest BCUT2D eigenvalue weighted by Crippen LogP contribution is 2.32. The van der Waals surface area contributed by atoms with Crippen LogP contribution in [0.1, 0.15) is 17.5 Å². The van der Waals surface area contributed by atoms with Crippen LogP contribution in [0, 0.1) is 0 Å². The first-order valence-corrected chi connectivity index (χ1v) is 5.33. The van der Waals surface area contributed by atoms with Crippen molar-refractivity contribution in [1.29, 1.82) is 0 Å². The molecule has 1 aromatic carbocycles. The minimum Gasteiger partial charge on any atom is -0.493 e. The molecule has 0 spiro atoms. The molecular weight excluding hydrogens is 198 g/mol. The van der Waals surface area contributed by atoms with Gasteiger partial charge in [0.05, 0.1) is 6.61 Å². The zero-order valence-electron chi connectivity index (χ0n) is 8.05. The molecule has 2 rings (SSSR count). The van der Waals surface area contributed by atoms with Crippen LogP contribution in [0.2, 0.25) is 5.02 Å². The lowest BCUT2D eigenvalue weighted by molar-refractivity contribution is 0.285. The summed E-state index contributed by atoms with van der Waals surface area (Å²) in [5.74, 6) is 1.02. The van der Waals surface area contributed by atoms with Gasteiger partial charge in [0.25, 0.3) is 0 Å². The van der Waals surface area contributed by atoms with Gasteiger partial charge >= 0.3 is 0 Å². The van der Waals surface area contributed by atoms with Crippen molar-refractivity contribution < 1.29 is 4.74 Å². The summed E-state index contributed by atoms with van der Waals surface area (Å²) in [6.07, 6.45) is 2.98. The Morgan fingerprint density at radius 2 is 2.29 bits per heavy atom. The number of hydrogen-bond acceptors (Lipinski definition) is 2. The third kappa shape index (κ3) is 1.86. The number of nitrogens with two attached hydrogens (primary N) is 1. The highest BCUT2D eigenvalue weighted by molar-refractivity contribution is 6.30. The highest BCUT2D eigenvalue weighted by atomic mass is 35.5. The van der Waals surface area contributed by atoms with Crippen molar-refractivity contribution >= 4 is 11.6 Å². The fraction of sp³-hybridized carbons (Fsp3) is 0.455. The topological polar surface area (TPSA) is 35.2 Å². The van der Waals surface area contributed by atoms with Gasteiger partial charge in [-0.15, -0.1) is 0 Å². The molecule has 14 heavy (non-hydrogen) atoms. The third-order valence-electron chi connectivity index (χ3n) is 2.46. The number of hydrogen-bond donors (Lipinski definition) is 1. The number of aryl methyl sites for hydroxylation is 1. The SMILES string of the molecule is NCCc1cc(Cl)cc2c1OCCC2. The first kappa shape index (κ1) is 9.81. The Morgan fingerprint density at radius 1 is 1.43 bits per heavy atom. The van der Waals surface area contributed by atoms with Gasteiger partial charge in [-0.25, -0.2) is 0 Å². The first-order valence-electron chi connectivity index (χ1n) is 4.95. The van der Waals surface area contributed by atoms with Crippen LogP contribution in [0.15, 0.2) is 12.1 Å². The monoisotopic (exact) mass is 211 g/mol. The molecule has 0 aromatic heterocycles. The molecule has 0 fully saturated rings. The van der Waals surface area contributed by atoms with Crippen LogP contribution in [-0.2, 0) is 12.8 Å². The van der Waals surface area contributed by atoms with E-state index in [4.69, 9.17) is 22.1 Å². The van der Waals surface area contributed by atoms with Crippen LogP contribution in [0.25, 0.3) is 0 Å². The summed E-state index contributed by atoms with van der Waals surface area (Å²) >= 11 is 6.02. The summed E-state index contributed by atoms with van der Waals surface area (Å²) in [4.78, 5) is 0. The molecule has 1 heterocycles. The average Bonchev–Trinajstić information content (AvgIpc) is 2.18. The van der Waals surface area contributed by atoms with Crippen molar-refractivity contribution in [2.75, 3.05) is 13.2 Å². The Labute approximate surface area is 89.0 Å². The van der Waals surface area contributed by atoms with Crippen molar-refractivity contribution in [3.05, 3.63) is 28.3 Å². The molecule has 1 aliphatic rings. The molecule has 1 aromatic rings. The number of fused-ring (bicyclic) bond motifs is 1. The Bertz CT molecular complexity index is 338. The van der Waals surface area contributed by atoms with E-state index in [0.717, 1.165) is 42.2 Å². The maximum atomic E-state index is 6.02. The van der Waals surface area contributed by atoms with E-state index in [9.17, 15) is 0 Å². The largest absolute Gasteiger partial charge is 0.493 e. The summed E-state index contributed by atoms with van der Waals surface area (Å²) in [6, 6.07) is 3.95. The minimum absolute atomic E-state index is 0.635. The van der Waals surface area contributed by atoms with Gasteiger partial charge in [0.1, 0.15) is 5.75 Å². The lowest BCUT2D eigenvalue weighted by atomic mass is 10.0. The van der Waals surface area contributed by atoms with Gasteiger partial charge in [-0.1, -0.05) is 11.6 Å². The molecule has 2 N–H and O–H groups in total. The van der Waals surface area contributed by atoms with E-state index in [1.165, 1.54) is 5.56 Å². The predicted octanol–water partition coefficient (Wildman–Crippen LogP) is 2.17. The Hall–Kier alpha value is -0.730. The molecule has 0 aliphatic carbocycles. The molecule has 0 saturated carbocycles. The van der Waals surface area contributed by atoms with Crippen LogP contribution in [0.5, 0.6) is 5.75 Å². The summed E-state index contributed by atoms with van der Waals surface area (Å²) < 4.78 is 5.65. The average molecular weight is 212 g/mol. The quantitative estimate of drug-likeness (QED) is 0.814. The highest BCUT2D eigenvalue weighted by Gasteiger charge is 2.15. The van der Waals surface area contributed by atoms with E-state index >= 15 is 0 Å². The maximum absolute atomic E-state index is 6.02. The van der Waals surface area contributed by atoms with Crippen LogP contribution in [-0.4, -0.2) is 13.2 Å². The summed E-state index contributed by atoms with van der Waals surface area (Å²) in [5.41, 5.74) is 7.92. The molecule has 0 atom stereocenters. The Kier molecular flexibility index (Phi) is 2.94. The molecule has 0 bridgehead atoms. The van der Waals surface area contributed by atoms with Gasteiger partial charge in [0.15, 0.2) is 0 Å². The zero-order chi connectivity index (χ0) is 9.97. The van der Waals surface area contributed by atoms with Crippen molar-refractivity contribution in [2.45, 2.75) is 19.3 Å². The lowest BCUT2D eigenvalue weighted by Crippen LogP contribution is -2.12. The van der Waals surface area contributed by atoms with Crippen molar-refractivity contribution in [3.63, 3.8) is 0 Å². The second kappa shape index (κ2) is 4.20. The Balaban J connectivity index is 2.41. The fourth-order valence-electron chi connectivity index (χ4n) is 1.86. The molecule has 2 nitrogen and oxygen atoms in total. The van der Waals surface area contributed by atoms with E-state index in [-0.39, 0.29) is 0 Å². The van der Waals surface area contributed by atoms with Gasteiger partial charge in [-0.05, 0) is 49.1 Å². The van der Waals surface area contributed by atoms with E-state index < -0.39 is 0 Å². The van der Waals surface area contributed by atoms with Gasteiger partial charge < -0.3 is 10.5 Å². The van der Waals surface area contributed by atoms with Crippen molar-refractivity contribution in [2.24, 2.45) is 5.73 Å². The molecule has 1 aliphatic heterocycles. The number of ether oxygens (including phenoxy) is 1. The number of halogens is 1. The van der Waals surface area contributed by atoms with Crippen LogP contribution >= 0.6 is 11.6 Å². The zero-order valence-corrected chi connectivity index (χ0v) is 8.81. The lowest BCUT2D eigenvalue weighted by Gasteiger charge is -2.20. The van der Waals surface area contributed by atoms with Gasteiger partial charge in [0, 0.05) is 5.02 Å². The smallest absolute Gasteiger partial charge is 0.125 e. The van der Waals surface area contributed by atoms with Crippen molar-refractivity contribution in [1.82, 2.24) is 0 Å². The van der Waals surface area contributed by atoms with E-state index in [2.05, 4.69) is 0 Å². The first-order chi connectivity index (χ1) is 6.81. The molecule has 76 valence electrons. The molecular formula is C11H14ClNO. The van der Waals surface area contributed by atoms with Crippen LogP contribution in [0.3, 0.4) is 0 Å². The van der Waals surface area contributed by atoms with Gasteiger partial charge in [-0.3, -0.25) is 0 Å². The van der Waals surface area contributed by atoms with Crippen LogP contribution < -0.4 is 10.5 Å². The second-order valence-electron chi connectivity index (χ2n) is 3.54. The molecule has 0 saturated heterocycles. The third-order valence-corrected chi connectivity index (χ3v) is 2.68. The summed E-state index contributed by atoms with van der Waals surface area (Å²) in [6.45, 7) is 1.45. The molecule has 3 heteroatoms. The number of benzene rings is 1. The predicted molar refractivity (Wildman–Crippen MR) is 58.0 cm³/mol. The second-order valence-corrected chi connectivity index (χ2v) is 3.98. The van der Waals surface area contributed by atoms with Gasteiger partial charge in [-0.2, -0.15) is 0 Å². The maximum Gasteiger partial charge on any atom is 0.125 e. The normalized spacial score (nSPS) is 14.7. The Morgan fingerprint density at radius 3 is 3.07 bits per heavy atom. The van der Waals surface area contributed by atoms with Gasteiger partial charge in [0.2, 0.25) is 0 Å². The molecule has 0 radical (unpaired) electrons. The molecule has 0 unspecified atom stereocenters. The summed E-state index contributed by atoms with van der Waals surface area (Å²) in [7, 11) is 0. The molecule has 0 amide bonds. The number of rotatable bonds is 2. The minimum atomic E-state index is 0.635. The summed E-state index contributed by atoms with van der Waals surface area (Å²) in [5, 5.41) is 0.790. The fourth-order valence-corrected chi connectivity index (χ4v) is 2.12. The van der Waals surface area contributed by atoms with E-state index in [1.54, 1.807) is 0 Å². The standard InChI is InChI=1S/C11H14ClNO/c12-10-6-8-2-1-5-14-11(8)9(7-10)3-4-13/h6-7H,1-5,13H2. The van der Waals surface area contributed by atoms with E-state index in [0.29, 0.717) is 6.54 Å². The van der Waals surface area contributed by atoms with Crippen LogP contribution in [0.4, 0.5) is 0 Å².